The minimum atomic E-state index is 0.0352. The van der Waals surface area contributed by atoms with Crippen molar-refractivity contribution in [2.45, 2.75) is 6.92 Å². The van der Waals surface area contributed by atoms with Crippen molar-refractivity contribution < 1.29 is 18.7 Å². The van der Waals surface area contributed by atoms with Gasteiger partial charge in [0, 0.05) is 54.8 Å². The lowest BCUT2D eigenvalue weighted by Gasteiger charge is -2.31. The van der Waals surface area contributed by atoms with E-state index in [0.29, 0.717) is 5.75 Å². The quantitative estimate of drug-likeness (QED) is 0.576. The number of allylic oxidation sites excluding steroid dienone is 1. The number of rotatable bonds is 5. The van der Waals surface area contributed by atoms with Crippen LogP contribution >= 0.6 is 0 Å². The van der Waals surface area contributed by atoms with E-state index in [1.54, 1.807) is 26.6 Å². The minimum absolute atomic E-state index is 0.0352. The maximum Gasteiger partial charge on any atom is 0.246 e. The van der Waals surface area contributed by atoms with E-state index in [2.05, 4.69) is 11.9 Å². The first-order valence-corrected chi connectivity index (χ1v) is 10.4. The van der Waals surface area contributed by atoms with Gasteiger partial charge in [0.2, 0.25) is 5.91 Å². The number of piperazine rings is 1. The van der Waals surface area contributed by atoms with E-state index in [0.717, 1.165) is 65.2 Å². The third-order valence-corrected chi connectivity index (χ3v) is 5.86. The molecule has 6 nitrogen and oxygen atoms in total. The summed E-state index contributed by atoms with van der Waals surface area (Å²) in [4.78, 5) is 16.9. The van der Waals surface area contributed by atoms with Crippen LogP contribution in [0.1, 0.15) is 12.5 Å². The summed E-state index contributed by atoms with van der Waals surface area (Å²) in [6.07, 6.45) is 3.46. The molecule has 0 N–H and O–H groups in total. The molecule has 1 aliphatic rings. The number of carbonyl (C=O) groups is 1. The van der Waals surface area contributed by atoms with E-state index in [1.165, 1.54) is 0 Å². The molecule has 2 heterocycles. The Morgan fingerprint density at radius 3 is 2.55 bits per heavy atom. The van der Waals surface area contributed by atoms with Crippen LogP contribution in [0.15, 0.2) is 53.2 Å². The van der Waals surface area contributed by atoms with Crippen molar-refractivity contribution in [1.82, 2.24) is 9.80 Å². The van der Waals surface area contributed by atoms with Crippen LogP contribution in [0.5, 0.6) is 11.5 Å². The number of carbonyl (C=O) groups excluding carboxylic acids is 1. The molecule has 162 valence electrons. The fraction of sp³-hybridized carbons (Fsp3) is 0.320. The summed E-state index contributed by atoms with van der Waals surface area (Å²) in [5, 5.41) is 0.962. The number of nitrogens with zero attached hydrogens (tertiary/aromatic N) is 2. The molecule has 0 spiro atoms. The number of hydrogen-bond donors (Lipinski definition) is 0. The van der Waals surface area contributed by atoms with Gasteiger partial charge in [-0.2, -0.15) is 0 Å². The van der Waals surface area contributed by atoms with Gasteiger partial charge in [0.05, 0.1) is 20.5 Å². The van der Waals surface area contributed by atoms with Crippen molar-refractivity contribution in [3.05, 3.63) is 54.3 Å². The number of furan rings is 1. The second kappa shape index (κ2) is 8.86. The van der Waals surface area contributed by atoms with Gasteiger partial charge in [0.15, 0.2) is 0 Å². The predicted molar refractivity (Wildman–Crippen MR) is 122 cm³/mol. The number of fused-ring (bicyclic) bond motifs is 1. The summed E-state index contributed by atoms with van der Waals surface area (Å²) in [5.74, 6) is 1.50. The van der Waals surface area contributed by atoms with E-state index < -0.39 is 0 Å². The summed E-state index contributed by atoms with van der Waals surface area (Å²) in [7, 11) is 5.36. The van der Waals surface area contributed by atoms with E-state index in [9.17, 15) is 4.79 Å². The first kappa shape index (κ1) is 21.0. The molecule has 1 fully saturated rings. The molecule has 1 aromatic heterocycles. The highest BCUT2D eigenvalue weighted by atomic mass is 16.5. The maximum atomic E-state index is 12.8. The Kier molecular flexibility index (Phi) is 6.00. The topological polar surface area (TPSA) is 55.2 Å². The summed E-state index contributed by atoms with van der Waals surface area (Å²) >= 11 is 0. The van der Waals surface area contributed by atoms with Crippen molar-refractivity contribution in [3.8, 4) is 22.6 Å². The Hall–Kier alpha value is -3.25. The van der Waals surface area contributed by atoms with Crippen molar-refractivity contribution in [2.24, 2.45) is 0 Å². The molecule has 31 heavy (non-hydrogen) atoms. The summed E-state index contributed by atoms with van der Waals surface area (Å²) in [6, 6.07) is 11.8. The second-order valence-electron chi connectivity index (χ2n) is 7.89. The molecule has 1 amide bonds. The Bertz CT molecular complexity index is 1120. The molecule has 4 rings (SSSR count). The van der Waals surface area contributed by atoms with Gasteiger partial charge in [-0.25, -0.2) is 0 Å². The summed E-state index contributed by atoms with van der Waals surface area (Å²) < 4.78 is 16.8. The van der Waals surface area contributed by atoms with Gasteiger partial charge in [-0.3, -0.25) is 4.79 Å². The standard InChI is InChI=1S/C25H28N2O4/c1-17(12-25(28)27-10-8-26(2)9-11-27)20-14-21-22(16-31-24(21)15-23(20)30-4)18-6-5-7-19(13-18)29-3/h5-7,12-16H,8-11H2,1-4H3/b17-12+. The normalized spacial score (nSPS) is 15.4. The third kappa shape index (κ3) is 4.30. The van der Waals surface area contributed by atoms with Gasteiger partial charge < -0.3 is 23.7 Å². The van der Waals surface area contributed by atoms with Crippen molar-refractivity contribution in [3.63, 3.8) is 0 Å². The SMILES string of the molecule is COc1cccc(-c2coc3cc(OC)c(/C(C)=C/C(=O)N4CCN(C)CC4)cc23)c1. The molecule has 0 unspecified atom stereocenters. The van der Waals surface area contributed by atoms with E-state index in [-0.39, 0.29) is 5.91 Å². The van der Waals surface area contributed by atoms with Crippen LogP contribution in [0, 0.1) is 0 Å². The van der Waals surface area contributed by atoms with Gasteiger partial charge in [-0.05, 0) is 43.3 Å². The lowest BCUT2D eigenvalue weighted by Crippen LogP contribution is -2.46. The maximum absolute atomic E-state index is 12.8. The molecule has 0 radical (unpaired) electrons. The zero-order valence-electron chi connectivity index (χ0n) is 18.5. The average Bonchev–Trinajstić information content (AvgIpc) is 3.21. The number of ether oxygens (including phenoxy) is 2. The van der Waals surface area contributed by atoms with Crippen molar-refractivity contribution in [1.29, 1.82) is 0 Å². The number of amides is 1. The highest BCUT2D eigenvalue weighted by Gasteiger charge is 2.19. The Morgan fingerprint density at radius 1 is 1.06 bits per heavy atom. The molecule has 3 aromatic rings. The molecule has 1 aliphatic heterocycles. The Morgan fingerprint density at radius 2 is 1.84 bits per heavy atom. The van der Waals surface area contributed by atoms with Crippen molar-refractivity contribution >= 4 is 22.4 Å². The summed E-state index contributed by atoms with van der Waals surface area (Å²) in [6.45, 7) is 5.23. The number of hydrogen-bond acceptors (Lipinski definition) is 5. The smallest absolute Gasteiger partial charge is 0.246 e. The van der Waals surface area contributed by atoms with Gasteiger partial charge in [-0.1, -0.05) is 12.1 Å². The van der Waals surface area contributed by atoms with Crippen LogP contribution in [0.4, 0.5) is 0 Å². The second-order valence-corrected chi connectivity index (χ2v) is 7.89. The largest absolute Gasteiger partial charge is 0.497 e. The molecule has 1 saturated heterocycles. The van der Waals surface area contributed by atoms with Gasteiger partial charge in [-0.15, -0.1) is 0 Å². The molecule has 2 aromatic carbocycles. The number of benzene rings is 2. The summed E-state index contributed by atoms with van der Waals surface area (Å²) in [5.41, 5.74) is 4.44. The van der Waals surface area contributed by atoms with Crippen LogP contribution in [0.3, 0.4) is 0 Å². The van der Waals surface area contributed by atoms with Crippen LogP contribution in [0.2, 0.25) is 0 Å². The van der Waals surface area contributed by atoms with Crippen LogP contribution in [-0.2, 0) is 4.79 Å². The number of likely N-dealkylation sites (N-methyl/N-ethyl adjacent to an activating group) is 1. The van der Waals surface area contributed by atoms with Crippen LogP contribution < -0.4 is 9.47 Å². The molecule has 0 bridgehead atoms. The number of methoxy groups -OCH3 is 2. The zero-order chi connectivity index (χ0) is 22.0. The highest BCUT2D eigenvalue weighted by Crippen LogP contribution is 2.38. The molecular weight excluding hydrogens is 392 g/mol. The highest BCUT2D eigenvalue weighted by molar-refractivity contribution is 6.00. The van der Waals surface area contributed by atoms with E-state index >= 15 is 0 Å². The fourth-order valence-corrected chi connectivity index (χ4v) is 3.93. The van der Waals surface area contributed by atoms with Gasteiger partial charge in [0.25, 0.3) is 0 Å². The Balaban J connectivity index is 1.72. The zero-order valence-corrected chi connectivity index (χ0v) is 18.5. The lowest BCUT2D eigenvalue weighted by atomic mass is 9.99. The molecular formula is C25H28N2O4. The predicted octanol–water partition coefficient (Wildman–Crippen LogP) is 4.29. The fourth-order valence-electron chi connectivity index (χ4n) is 3.93. The minimum Gasteiger partial charge on any atom is -0.497 e. The van der Waals surface area contributed by atoms with Crippen LogP contribution in [-0.4, -0.2) is 63.2 Å². The molecule has 0 aliphatic carbocycles. The lowest BCUT2D eigenvalue weighted by molar-refractivity contribution is -0.127. The van der Waals surface area contributed by atoms with Gasteiger partial charge in [0.1, 0.15) is 17.1 Å². The monoisotopic (exact) mass is 420 g/mol. The van der Waals surface area contributed by atoms with Crippen molar-refractivity contribution in [2.75, 3.05) is 47.4 Å². The first-order valence-electron chi connectivity index (χ1n) is 10.4. The van der Waals surface area contributed by atoms with Crippen LogP contribution in [0.25, 0.3) is 27.7 Å². The average molecular weight is 421 g/mol. The first-order chi connectivity index (χ1) is 15.0. The molecule has 6 heteroatoms. The van der Waals surface area contributed by atoms with E-state index in [1.807, 2.05) is 48.2 Å². The van der Waals surface area contributed by atoms with E-state index in [4.69, 9.17) is 13.9 Å². The molecule has 0 atom stereocenters. The molecule has 0 saturated carbocycles. The van der Waals surface area contributed by atoms with Gasteiger partial charge >= 0.3 is 0 Å². The Labute approximate surface area is 182 Å². The third-order valence-electron chi connectivity index (χ3n) is 5.86.